The highest BCUT2D eigenvalue weighted by Crippen LogP contribution is 2.17. The molecule has 0 bridgehead atoms. The molecular weight excluding hydrogens is 369 g/mol. The summed E-state index contributed by atoms with van der Waals surface area (Å²) in [4.78, 5) is 14.5. The summed E-state index contributed by atoms with van der Waals surface area (Å²) in [5.74, 6) is 1.57. The molecule has 3 rings (SSSR count). The number of carbonyl (C=O) groups excluding carboxylic acids is 1. The highest BCUT2D eigenvalue weighted by molar-refractivity contribution is 5.85. The van der Waals surface area contributed by atoms with Crippen molar-refractivity contribution in [3.8, 4) is 0 Å². The molecule has 2 atom stereocenters. The molecule has 26 heavy (non-hydrogen) atoms. The highest BCUT2D eigenvalue weighted by Gasteiger charge is 2.22. The van der Waals surface area contributed by atoms with Crippen LogP contribution in [0.5, 0.6) is 0 Å². The Morgan fingerprint density at radius 1 is 1.15 bits per heavy atom. The SMILES string of the molecule is Cl.Cl.O=C(CCC1CCNC1)NCC1CCN(CCc2ccccc2)C1. The average Bonchev–Trinajstić information content (AvgIpc) is 3.29. The molecule has 0 spiro atoms. The fraction of sp³-hybridized carbons (Fsp3) is 0.650. The van der Waals surface area contributed by atoms with Gasteiger partial charge in [0.15, 0.2) is 0 Å². The molecule has 148 valence electrons. The standard InChI is InChI=1S/C20H31N3O.2ClH/c24-20(7-6-18-8-11-21-14-18)22-15-19-10-13-23(16-19)12-9-17-4-2-1-3-5-17;;/h1-5,18-19,21H,6-16H2,(H,22,24);2*1H. The number of benzene rings is 1. The molecule has 2 aliphatic heterocycles. The van der Waals surface area contributed by atoms with E-state index in [0.717, 1.165) is 45.6 Å². The van der Waals surface area contributed by atoms with Crippen LogP contribution in [0.15, 0.2) is 30.3 Å². The normalized spacial score (nSPS) is 22.5. The summed E-state index contributed by atoms with van der Waals surface area (Å²) in [6.45, 7) is 6.48. The Morgan fingerprint density at radius 2 is 1.96 bits per heavy atom. The van der Waals surface area contributed by atoms with Gasteiger partial charge in [-0.3, -0.25) is 4.79 Å². The Labute approximate surface area is 170 Å². The van der Waals surface area contributed by atoms with Crippen LogP contribution in [0, 0.1) is 11.8 Å². The topological polar surface area (TPSA) is 44.4 Å². The van der Waals surface area contributed by atoms with Crippen LogP contribution in [-0.4, -0.2) is 50.1 Å². The second kappa shape index (κ2) is 12.6. The van der Waals surface area contributed by atoms with Gasteiger partial charge in [0, 0.05) is 26.1 Å². The fourth-order valence-corrected chi connectivity index (χ4v) is 3.86. The number of hydrogen-bond donors (Lipinski definition) is 2. The van der Waals surface area contributed by atoms with E-state index in [4.69, 9.17) is 0 Å². The van der Waals surface area contributed by atoms with Crippen LogP contribution in [0.2, 0.25) is 0 Å². The van der Waals surface area contributed by atoms with Crippen LogP contribution in [0.25, 0.3) is 0 Å². The number of nitrogens with zero attached hydrogens (tertiary/aromatic N) is 1. The third-order valence-electron chi connectivity index (χ3n) is 5.46. The summed E-state index contributed by atoms with van der Waals surface area (Å²) in [5, 5.41) is 6.52. The molecule has 2 heterocycles. The first-order valence-electron chi connectivity index (χ1n) is 9.53. The maximum absolute atomic E-state index is 12.0. The number of amides is 1. The lowest BCUT2D eigenvalue weighted by molar-refractivity contribution is -0.121. The minimum atomic E-state index is 0. The van der Waals surface area contributed by atoms with Crippen LogP contribution >= 0.6 is 24.8 Å². The van der Waals surface area contributed by atoms with Crippen molar-refractivity contribution in [1.82, 2.24) is 15.5 Å². The number of nitrogens with one attached hydrogen (secondary N) is 2. The zero-order valence-electron chi connectivity index (χ0n) is 15.5. The first-order chi connectivity index (χ1) is 11.8. The molecule has 2 fully saturated rings. The third kappa shape index (κ3) is 7.83. The predicted octanol–water partition coefficient (Wildman–Crippen LogP) is 2.90. The van der Waals surface area contributed by atoms with Crippen molar-refractivity contribution in [2.24, 2.45) is 11.8 Å². The molecule has 0 radical (unpaired) electrons. The van der Waals surface area contributed by atoms with Gasteiger partial charge in [0.05, 0.1) is 0 Å². The van der Waals surface area contributed by atoms with Crippen molar-refractivity contribution in [3.05, 3.63) is 35.9 Å². The van der Waals surface area contributed by atoms with Crippen molar-refractivity contribution in [3.63, 3.8) is 0 Å². The fourth-order valence-electron chi connectivity index (χ4n) is 3.86. The van der Waals surface area contributed by atoms with Crippen LogP contribution in [0.4, 0.5) is 0 Å². The van der Waals surface area contributed by atoms with E-state index < -0.39 is 0 Å². The molecule has 1 aromatic carbocycles. The molecule has 2 N–H and O–H groups in total. The maximum atomic E-state index is 12.0. The monoisotopic (exact) mass is 401 g/mol. The van der Waals surface area contributed by atoms with E-state index in [1.165, 1.54) is 24.9 Å². The van der Waals surface area contributed by atoms with Gasteiger partial charge >= 0.3 is 0 Å². The summed E-state index contributed by atoms with van der Waals surface area (Å²) in [5.41, 5.74) is 1.41. The number of rotatable bonds is 8. The van der Waals surface area contributed by atoms with Gasteiger partial charge in [0.25, 0.3) is 0 Å². The third-order valence-corrected chi connectivity index (χ3v) is 5.46. The Morgan fingerprint density at radius 3 is 2.69 bits per heavy atom. The van der Waals surface area contributed by atoms with Crippen LogP contribution < -0.4 is 10.6 Å². The molecule has 2 saturated heterocycles. The second-order valence-corrected chi connectivity index (χ2v) is 7.39. The lowest BCUT2D eigenvalue weighted by Gasteiger charge is -2.16. The minimum absolute atomic E-state index is 0. The first kappa shape index (κ1) is 23.2. The predicted molar refractivity (Wildman–Crippen MR) is 112 cm³/mol. The maximum Gasteiger partial charge on any atom is 0.220 e. The van der Waals surface area contributed by atoms with Gasteiger partial charge in [0.2, 0.25) is 5.91 Å². The summed E-state index contributed by atoms with van der Waals surface area (Å²) in [6, 6.07) is 10.7. The zero-order valence-corrected chi connectivity index (χ0v) is 17.1. The van der Waals surface area contributed by atoms with Crippen molar-refractivity contribution in [2.75, 3.05) is 39.3 Å². The molecule has 1 amide bonds. The van der Waals surface area contributed by atoms with E-state index >= 15 is 0 Å². The van der Waals surface area contributed by atoms with E-state index in [1.54, 1.807) is 0 Å². The van der Waals surface area contributed by atoms with Crippen molar-refractivity contribution in [2.45, 2.75) is 32.1 Å². The van der Waals surface area contributed by atoms with E-state index in [0.29, 0.717) is 18.3 Å². The summed E-state index contributed by atoms with van der Waals surface area (Å²) >= 11 is 0. The minimum Gasteiger partial charge on any atom is -0.356 e. The number of halogens is 2. The summed E-state index contributed by atoms with van der Waals surface area (Å²) in [6.07, 6.45) is 5.28. The highest BCUT2D eigenvalue weighted by atomic mass is 35.5. The van der Waals surface area contributed by atoms with Crippen LogP contribution in [-0.2, 0) is 11.2 Å². The Balaban J connectivity index is 0.00000169. The molecular formula is C20H33Cl2N3O. The lowest BCUT2D eigenvalue weighted by atomic mass is 10.0. The van der Waals surface area contributed by atoms with E-state index in [-0.39, 0.29) is 30.7 Å². The smallest absolute Gasteiger partial charge is 0.220 e. The largest absolute Gasteiger partial charge is 0.356 e. The van der Waals surface area contributed by atoms with E-state index in [2.05, 4.69) is 45.9 Å². The molecule has 2 unspecified atom stereocenters. The second-order valence-electron chi connectivity index (χ2n) is 7.39. The zero-order chi connectivity index (χ0) is 16.6. The lowest BCUT2D eigenvalue weighted by Crippen LogP contribution is -2.31. The quantitative estimate of drug-likeness (QED) is 0.703. The van der Waals surface area contributed by atoms with Gasteiger partial charge in [-0.1, -0.05) is 30.3 Å². The van der Waals surface area contributed by atoms with Gasteiger partial charge in [-0.2, -0.15) is 0 Å². The van der Waals surface area contributed by atoms with Crippen LogP contribution in [0.3, 0.4) is 0 Å². The van der Waals surface area contributed by atoms with E-state index in [1.807, 2.05) is 0 Å². The Kier molecular flexibility index (Phi) is 11.2. The van der Waals surface area contributed by atoms with Gasteiger partial charge in [-0.05, 0) is 62.7 Å². The van der Waals surface area contributed by atoms with Gasteiger partial charge in [0.1, 0.15) is 0 Å². The van der Waals surface area contributed by atoms with E-state index in [9.17, 15) is 4.79 Å². The van der Waals surface area contributed by atoms with Gasteiger partial charge in [-0.15, -0.1) is 24.8 Å². The average molecular weight is 402 g/mol. The Bertz CT molecular complexity index is 509. The van der Waals surface area contributed by atoms with Gasteiger partial charge < -0.3 is 15.5 Å². The molecule has 0 saturated carbocycles. The summed E-state index contributed by atoms with van der Waals surface area (Å²) in [7, 11) is 0. The molecule has 4 nitrogen and oxygen atoms in total. The van der Waals surface area contributed by atoms with Crippen molar-refractivity contribution >= 4 is 30.7 Å². The molecule has 0 aliphatic carbocycles. The first-order valence-corrected chi connectivity index (χ1v) is 9.53. The molecule has 0 aromatic heterocycles. The van der Waals surface area contributed by atoms with Gasteiger partial charge in [-0.25, -0.2) is 0 Å². The van der Waals surface area contributed by atoms with Crippen molar-refractivity contribution in [1.29, 1.82) is 0 Å². The number of hydrogen-bond acceptors (Lipinski definition) is 3. The Hall–Kier alpha value is -0.810. The summed E-state index contributed by atoms with van der Waals surface area (Å²) < 4.78 is 0. The number of likely N-dealkylation sites (tertiary alicyclic amines) is 1. The van der Waals surface area contributed by atoms with Crippen molar-refractivity contribution < 1.29 is 4.79 Å². The van der Waals surface area contributed by atoms with Crippen LogP contribution in [0.1, 0.15) is 31.2 Å². The molecule has 6 heteroatoms. The molecule has 2 aliphatic rings. The molecule has 1 aromatic rings. The number of carbonyl (C=O) groups is 1.